The molecule has 0 saturated heterocycles. The molecule has 0 heterocycles. The Bertz CT molecular complexity index is 625. The molecule has 2 aromatic rings. The zero-order chi connectivity index (χ0) is 16.5. The monoisotopic (exact) mass is 315 g/mol. The summed E-state index contributed by atoms with van der Waals surface area (Å²) in [5.41, 5.74) is 0.587. The first-order chi connectivity index (χ1) is 11.2. The minimum absolute atomic E-state index is 0.140. The standard InChI is InChI=1S/C18H21NO4/c1-3-22-16-5-4-6-17(13-16)23-12-11-19-18(20)14-7-9-15(21-2)10-8-14/h4-10,13H,3,11-12H2,1-2H3,(H,19,20). The molecule has 0 fully saturated rings. The lowest BCUT2D eigenvalue weighted by Crippen LogP contribution is -2.28. The van der Waals surface area contributed by atoms with Crippen LogP contribution in [0.1, 0.15) is 17.3 Å². The fraction of sp³-hybridized carbons (Fsp3) is 0.278. The van der Waals surface area contributed by atoms with E-state index in [1.54, 1.807) is 31.4 Å². The zero-order valence-electron chi connectivity index (χ0n) is 13.4. The highest BCUT2D eigenvalue weighted by atomic mass is 16.5. The SMILES string of the molecule is CCOc1cccc(OCCNC(=O)c2ccc(OC)cc2)c1. The number of carbonyl (C=O) groups is 1. The Morgan fingerprint density at radius 1 is 1.00 bits per heavy atom. The van der Waals surface area contributed by atoms with Gasteiger partial charge in [0.25, 0.3) is 5.91 Å². The first kappa shape index (κ1) is 16.7. The van der Waals surface area contributed by atoms with Gasteiger partial charge < -0.3 is 19.5 Å². The Morgan fingerprint density at radius 3 is 2.35 bits per heavy atom. The number of amides is 1. The van der Waals surface area contributed by atoms with Crippen LogP contribution in [0.25, 0.3) is 0 Å². The fourth-order valence-corrected chi connectivity index (χ4v) is 2.00. The molecule has 1 amide bonds. The second-order valence-corrected chi connectivity index (χ2v) is 4.74. The molecular formula is C18H21NO4. The smallest absolute Gasteiger partial charge is 0.251 e. The van der Waals surface area contributed by atoms with Gasteiger partial charge in [-0.1, -0.05) is 6.07 Å². The maximum atomic E-state index is 12.0. The van der Waals surface area contributed by atoms with Crippen molar-refractivity contribution in [2.45, 2.75) is 6.92 Å². The molecule has 122 valence electrons. The molecule has 1 N–H and O–H groups in total. The van der Waals surface area contributed by atoms with Crippen molar-refractivity contribution >= 4 is 5.91 Å². The molecule has 0 radical (unpaired) electrons. The molecule has 2 rings (SSSR count). The van der Waals surface area contributed by atoms with Gasteiger partial charge in [0.05, 0.1) is 20.3 Å². The van der Waals surface area contributed by atoms with E-state index >= 15 is 0 Å². The van der Waals surface area contributed by atoms with E-state index in [4.69, 9.17) is 14.2 Å². The van der Waals surface area contributed by atoms with E-state index in [0.29, 0.717) is 25.3 Å². The number of nitrogens with one attached hydrogen (secondary N) is 1. The highest BCUT2D eigenvalue weighted by Crippen LogP contribution is 2.19. The van der Waals surface area contributed by atoms with E-state index in [-0.39, 0.29) is 5.91 Å². The van der Waals surface area contributed by atoms with E-state index in [1.165, 1.54) is 0 Å². The quantitative estimate of drug-likeness (QED) is 0.761. The van der Waals surface area contributed by atoms with Gasteiger partial charge in [-0.05, 0) is 43.3 Å². The van der Waals surface area contributed by atoms with E-state index in [1.807, 2.05) is 31.2 Å². The summed E-state index contributed by atoms with van der Waals surface area (Å²) in [6.45, 7) is 3.35. The summed E-state index contributed by atoms with van der Waals surface area (Å²) in [6, 6.07) is 14.4. The summed E-state index contributed by atoms with van der Waals surface area (Å²) in [5.74, 6) is 2.07. The molecule has 23 heavy (non-hydrogen) atoms. The van der Waals surface area contributed by atoms with Crippen LogP contribution in [-0.2, 0) is 0 Å². The molecule has 5 nitrogen and oxygen atoms in total. The van der Waals surface area contributed by atoms with Crippen molar-refractivity contribution in [2.24, 2.45) is 0 Å². The van der Waals surface area contributed by atoms with Gasteiger partial charge in [0, 0.05) is 11.6 Å². The molecule has 0 bridgehead atoms. The second-order valence-electron chi connectivity index (χ2n) is 4.74. The van der Waals surface area contributed by atoms with Crippen molar-refractivity contribution in [3.05, 3.63) is 54.1 Å². The predicted molar refractivity (Wildman–Crippen MR) is 88.4 cm³/mol. The number of hydrogen-bond acceptors (Lipinski definition) is 4. The summed E-state index contributed by atoms with van der Waals surface area (Å²) in [4.78, 5) is 12.0. The van der Waals surface area contributed by atoms with Crippen molar-refractivity contribution in [1.82, 2.24) is 5.32 Å². The highest BCUT2D eigenvalue weighted by Gasteiger charge is 2.05. The maximum absolute atomic E-state index is 12.0. The highest BCUT2D eigenvalue weighted by molar-refractivity contribution is 5.94. The van der Waals surface area contributed by atoms with Gasteiger partial charge in [-0.3, -0.25) is 4.79 Å². The van der Waals surface area contributed by atoms with E-state index in [9.17, 15) is 4.79 Å². The Balaban J connectivity index is 1.76. The Hall–Kier alpha value is -2.69. The number of ether oxygens (including phenoxy) is 3. The third kappa shape index (κ3) is 5.21. The first-order valence-corrected chi connectivity index (χ1v) is 7.51. The third-order valence-corrected chi connectivity index (χ3v) is 3.13. The Labute approximate surface area is 136 Å². The zero-order valence-corrected chi connectivity index (χ0v) is 13.4. The van der Waals surface area contributed by atoms with Gasteiger partial charge in [-0.2, -0.15) is 0 Å². The third-order valence-electron chi connectivity index (χ3n) is 3.13. The molecule has 0 aliphatic rings. The summed E-state index contributed by atoms with van der Waals surface area (Å²) >= 11 is 0. The van der Waals surface area contributed by atoms with E-state index < -0.39 is 0 Å². The van der Waals surface area contributed by atoms with Gasteiger partial charge >= 0.3 is 0 Å². The lowest BCUT2D eigenvalue weighted by atomic mass is 10.2. The normalized spacial score (nSPS) is 10.0. The van der Waals surface area contributed by atoms with Gasteiger partial charge in [-0.15, -0.1) is 0 Å². The summed E-state index contributed by atoms with van der Waals surface area (Å²) < 4.78 is 16.1. The molecule has 0 unspecified atom stereocenters. The summed E-state index contributed by atoms with van der Waals surface area (Å²) in [5, 5.41) is 2.81. The van der Waals surface area contributed by atoms with E-state index in [2.05, 4.69) is 5.32 Å². The van der Waals surface area contributed by atoms with Crippen molar-refractivity contribution in [1.29, 1.82) is 0 Å². The van der Waals surface area contributed by atoms with Gasteiger partial charge in [0.15, 0.2) is 0 Å². The van der Waals surface area contributed by atoms with Crippen LogP contribution in [0, 0.1) is 0 Å². The Morgan fingerprint density at radius 2 is 1.70 bits per heavy atom. The van der Waals surface area contributed by atoms with Gasteiger partial charge in [-0.25, -0.2) is 0 Å². The van der Waals surface area contributed by atoms with Crippen LogP contribution in [-0.4, -0.2) is 32.8 Å². The van der Waals surface area contributed by atoms with Gasteiger partial charge in [0.1, 0.15) is 23.9 Å². The summed E-state index contributed by atoms with van der Waals surface area (Å²) in [6.07, 6.45) is 0. The van der Waals surface area contributed by atoms with Crippen molar-refractivity contribution in [2.75, 3.05) is 26.9 Å². The lowest BCUT2D eigenvalue weighted by Gasteiger charge is -2.09. The van der Waals surface area contributed by atoms with Crippen molar-refractivity contribution in [3.63, 3.8) is 0 Å². The largest absolute Gasteiger partial charge is 0.497 e. The van der Waals surface area contributed by atoms with Crippen LogP contribution in [0.5, 0.6) is 17.2 Å². The number of rotatable bonds is 8. The number of carbonyl (C=O) groups excluding carboxylic acids is 1. The summed E-state index contributed by atoms with van der Waals surface area (Å²) in [7, 11) is 1.59. The topological polar surface area (TPSA) is 56.8 Å². The van der Waals surface area contributed by atoms with Crippen LogP contribution >= 0.6 is 0 Å². The van der Waals surface area contributed by atoms with E-state index in [0.717, 1.165) is 17.2 Å². The maximum Gasteiger partial charge on any atom is 0.251 e. The minimum atomic E-state index is -0.140. The molecule has 0 aliphatic heterocycles. The average Bonchev–Trinajstić information content (AvgIpc) is 2.59. The lowest BCUT2D eigenvalue weighted by molar-refractivity contribution is 0.0947. The minimum Gasteiger partial charge on any atom is -0.497 e. The van der Waals surface area contributed by atoms with Crippen LogP contribution in [0.15, 0.2) is 48.5 Å². The molecule has 0 saturated carbocycles. The molecule has 0 atom stereocenters. The Kier molecular flexibility index (Phi) is 6.29. The van der Waals surface area contributed by atoms with Crippen LogP contribution in [0.2, 0.25) is 0 Å². The van der Waals surface area contributed by atoms with Crippen LogP contribution in [0.4, 0.5) is 0 Å². The molecule has 5 heteroatoms. The first-order valence-electron chi connectivity index (χ1n) is 7.51. The fourth-order valence-electron chi connectivity index (χ4n) is 2.00. The van der Waals surface area contributed by atoms with Gasteiger partial charge in [0.2, 0.25) is 0 Å². The molecular weight excluding hydrogens is 294 g/mol. The molecule has 0 aromatic heterocycles. The number of hydrogen-bond donors (Lipinski definition) is 1. The average molecular weight is 315 g/mol. The molecule has 2 aromatic carbocycles. The molecule has 0 aliphatic carbocycles. The van der Waals surface area contributed by atoms with Crippen molar-refractivity contribution in [3.8, 4) is 17.2 Å². The van der Waals surface area contributed by atoms with Crippen LogP contribution in [0.3, 0.4) is 0 Å². The second kappa shape index (κ2) is 8.68. The van der Waals surface area contributed by atoms with Crippen molar-refractivity contribution < 1.29 is 19.0 Å². The number of methoxy groups -OCH3 is 1. The van der Waals surface area contributed by atoms with Crippen LogP contribution < -0.4 is 19.5 Å². The molecule has 0 spiro atoms. The predicted octanol–water partition coefficient (Wildman–Crippen LogP) is 2.90. The number of benzene rings is 2.